The Kier molecular flexibility index (Phi) is 3.13. The van der Waals surface area contributed by atoms with E-state index in [0.29, 0.717) is 12.2 Å². The molecule has 2 rings (SSSR count). The lowest BCUT2D eigenvalue weighted by Gasteiger charge is -2.18. The molecule has 1 aromatic carbocycles. The molecule has 3 nitrogen and oxygen atoms in total. The summed E-state index contributed by atoms with van der Waals surface area (Å²) in [7, 11) is 0. The number of esters is 1. The second-order valence-electron chi connectivity index (χ2n) is 4.03. The zero-order valence-corrected chi connectivity index (χ0v) is 9.45. The van der Waals surface area contributed by atoms with Crippen LogP contribution in [0.5, 0.6) is 5.75 Å². The fraction of sp³-hybridized carbons (Fsp3) is 0.462. The molecule has 0 atom stereocenters. The zero-order valence-electron chi connectivity index (χ0n) is 9.45. The summed E-state index contributed by atoms with van der Waals surface area (Å²) in [5.41, 5.74) is 2.39. The quantitative estimate of drug-likeness (QED) is 0.779. The van der Waals surface area contributed by atoms with Gasteiger partial charge in [-0.1, -0.05) is 6.07 Å². The molecule has 16 heavy (non-hydrogen) atoms. The first-order chi connectivity index (χ1) is 7.74. The lowest BCUT2D eigenvalue weighted by atomic mass is 9.89. The van der Waals surface area contributed by atoms with Gasteiger partial charge in [-0.25, -0.2) is 4.79 Å². The number of rotatable bonds is 2. The van der Waals surface area contributed by atoms with Gasteiger partial charge in [0.15, 0.2) is 0 Å². The van der Waals surface area contributed by atoms with Gasteiger partial charge in [0, 0.05) is 0 Å². The molecule has 1 aromatic rings. The molecule has 3 heteroatoms. The number of hydrogen-bond donors (Lipinski definition) is 1. The predicted octanol–water partition coefficient (Wildman–Crippen LogP) is 2.45. The van der Waals surface area contributed by atoms with E-state index in [1.54, 1.807) is 13.0 Å². The molecule has 0 heterocycles. The largest absolute Gasteiger partial charge is 0.507 e. The van der Waals surface area contributed by atoms with Crippen molar-refractivity contribution in [1.82, 2.24) is 0 Å². The summed E-state index contributed by atoms with van der Waals surface area (Å²) in [4.78, 5) is 11.6. The van der Waals surface area contributed by atoms with E-state index in [-0.39, 0.29) is 5.75 Å². The number of benzene rings is 1. The van der Waals surface area contributed by atoms with Crippen LogP contribution in [-0.4, -0.2) is 17.7 Å². The number of phenols is 1. The Bertz CT molecular complexity index is 410. The van der Waals surface area contributed by atoms with Crippen LogP contribution in [0, 0.1) is 0 Å². The third kappa shape index (κ3) is 1.90. The Hall–Kier alpha value is -1.51. The summed E-state index contributed by atoms with van der Waals surface area (Å²) >= 11 is 0. The van der Waals surface area contributed by atoms with E-state index in [9.17, 15) is 9.90 Å². The zero-order chi connectivity index (χ0) is 11.5. The Morgan fingerprint density at radius 2 is 2.12 bits per heavy atom. The topological polar surface area (TPSA) is 46.5 Å². The van der Waals surface area contributed by atoms with E-state index in [4.69, 9.17) is 4.74 Å². The van der Waals surface area contributed by atoms with Crippen molar-refractivity contribution in [3.05, 3.63) is 28.8 Å². The van der Waals surface area contributed by atoms with Gasteiger partial charge in [-0.2, -0.15) is 0 Å². The smallest absolute Gasteiger partial charge is 0.341 e. The second kappa shape index (κ2) is 4.56. The Balaban J connectivity index is 2.37. The molecule has 1 aliphatic rings. The van der Waals surface area contributed by atoms with Crippen molar-refractivity contribution in [3.63, 3.8) is 0 Å². The van der Waals surface area contributed by atoms with Crippen LogP contribution in [0.25, 0.3) is 0 Å². The van der Waals surface area contributed by atoms with Gasteiger partial charge in [-0.3, -0.25) is 0 Å². The third-order valence-electron chi connectivity index (χ3n) is 3.00. The highest BCUT2D eigenvalue weighted by Crippen LogP contribution is 2.32. The molecule has 0 aliphatic heterocycles. The summed E-state index contributed by atoms with van der Waals surface area (Å²) in [6, 6.07) is 3.60. The minimum Gasteiger partial charge on any atom is -0.507 e. The Morgan fingerprint density at radius 1 is 1.38 bits per heavy atom. The SMILES string of the molecule is CCOC(=O)c1ccc2c(c1O)CCCC2. The summed E-state index contributed by atoms with van der Waals surface area (Å²) < 4.78 is 4.90. The van der Waals surface area contributed by atoms with Gasteiger partial charge in [0.25, 0.3) is 0 Å². The first-order valence-corrected chi connectivity index (χ1v) is 5.75. The van der Waals surface area contributed by atoms with Crippen molar-refractivity contribution >= 4 is 5.97 Å². The van der Waals surface area contributed by atoms with Crippen LogP contribution in [0.1, 0.15) is 41.3 Å². The summed E-state index contributed by atoms with van der Waals surface area (Å²) in [5.74, 6) is -0.316. The van der Waals surface area contributed by atoms with E-state index >= 15 is 0 Å². The molecule has 0 fully saturated rings. The van der Waals surface area contributed by atoms with Gasteiger partial charge in [-0.15, -0.1) is 0 Å². The lowest BCUT2D eigenvalue weighted by molar-refractivity contribution is 0.0523. The van der Waals surface area contributed by atoms with E-state index in [1.807, 2.05) is 6.07 Å². The number of phenolic OH excluding ortho intramolecular Hbond substituents is 1. The van der Waals surface area contributed by atoms with E-state index in [0.717, 1.165) is 36.8 Å². The van der Waals surface area contributed by atoms with Crippen molar-refractivity contribution in [1.29, 1.82) is 0 Å². The monoisotopic (exact) mass is 220 g/mol. The fourth-order valence-electron chi connectivity index (χ4n) is 2.18. The normalized spacial score (nSPS) is 14.3. The van der Waals surface area contributed by atoms with Crippen LogP contribution in [-0.2, 0) is 17.6 Å². The summed E-state index contributed by atoms with van der Waals surface area (Å²) in [6.07, 6.45) is 4.08. The molecule has 0 spiro atoms. The molecule has 1 N–H and O–H groups in total. The molecule has 0 bridgehead atoms. The van der Waals surface area contributed by atoms with Crippen molar-refractivity contribution in [2.24, 2.45) is 0 Å². The average Bonchev–Trinajstić information content (AvgIpc) is 2.30. The minimum absolute atomic E-state index is 0.121. The van der Waals surface area contributed by atoms with Crippen molar-refractivity contribution in [2.45, 2.75) is 32.6 Å². The molecule has 0 saturated carbocycles. The molecule has 0 saturated heterocycles. The van der Waals surface area contributed by atoms with Crippen LogP contribution < -0.4 is 0 Å². The standard InChI is InChI=1S/C13H16O3/c1-2-16-13(15)11-8-7-9-5-3-4-6-10(9)12(11)14/h7-8,14H,2-6H2,1H3. The molecule has 0 unspecified atom stereocenters. The number of fused-ring (bicyclic) bond motifs is 1. The number of carbonyl (C=O) groups excluding carboxylic acids is 1. The van der Waals surface area contributed by atoms with E-state index in [2.05, 4.69) is 0 Å². The maximum atomic E-state index is 11.6. The Labute approximate surface area is 95.0 Å². The number of aromatic hydroxyl groups is 1. The highest BCUT2D eigenvalue weighted by atomic mass is 16.5. The number of aryl methyl sites for hydroxylation is 1. The average molecular weight is 220 g/mol. The van der Waals surface area contributed by atoms with Crippen LogP contribution in [0.15, 0.2) is 12.1 Å². The van der Waals surface area contributed by atoms with Crippen LogP contribution in [0.3, 0.4) is 0 Å². The highest BCUT2D eigenvalue weighted by Gasteiger charge is 2.20. The van der Waals surface area contributed by atoms with Gasteiger partial charge < -0.3 is 9.84 Å². The van der Waals surface area contributed by atoms with Crippen molar-refractivity contribution in [3.8, 4) is 5.75 Å². The molecular formula is C13H16O3. The summed E-state index contributed by atoms with van der Waals surface area (Å²) in [6.45, 7) is 2.09. The van der Waals surface area contributed by atoms with E-state index < -0.39 is 5.97 Å². The molecule has 0 radical (unpaired) electrons. The van der Waals surface area contributed by atoms with Gasteiger partial charge in [0.05, 0.1) is 6.61 Å². The molecule has 0 amide bonds. The molecule has 0 aromatic heterocycles. The van der Waals surface area contributed by atoms with Gasteiger partial charge >= 0.3 is 5.97 Å². The highest BCUT2D eigenvalue weighted by molar-refractivity contribution is 5.93. The number of carbonyl (C=O) groups is 1. The third-order valence-corrected chi connectivity index (χ3v) is 3.00. The second-order valence-corrected chi connectivity index (χ2v) is 4.03. The number of ether oxygens (including phenoxy) is 1. The predicted molar refractivity (Wildman–Crippen MR) is 60.7 cm³/mol. The van der Waals surface area contributed by atoms with Gasteiger partial charge in [0.2, 0.25) is 0 Å². The van der Waals surface area contributed by atoms with Crippen LogP contribution >= 0.6 is 0 Å². The molecule has 1 aliphatic carbocycles. The summed E-state index contributed by atoms with van der Waals surface area (Å²) in [5, 5.41) is 10.0. The molecule has 86 valence electrons. The van der Waals surface area contributed by atoms with Crippen LogP contribution in [0.2, 0.25) is 0 Å². The first-order valence-electron chi connectivity index (χ1n) is 5.75. The number of hydrogen-bond acceptors (Lipinski definition) is 3. The van der Waals surface area contributed by atoms with Crippen LogP contribution in [0.4, 0.5) is 0 Å². The fourth-order valence-corrected chi connectivity index (χ4v) is 2.18. The molecular weight excluding hydrogens is 204 g/mol. The first kappa shape index (κ1) is 11.0. The minimum atomic E-state index is -0.437. The van der Waals surface area contributed by atoms with Gasteiger partial charge in [0.1, 0.15) is 11.3 Å². The maximum Gasteiger partial charge on any atom is 0.341 e. The van der Waals surface area contributed by atoms with E-state index in [1.165, 1.54) is 0 Å². The maximum absolute atomic E-state index is 11.6. The van der Waals surface area contributed by atoms with Gasteiger partial charge in [-0.05, 0) is 49.8 Å². The Morgan fingerprint density at radius 3 is 2.88 bits per heavy atom. The lowest BCUT2D eigenvalue weighted by Crippen LogP contribution is -2.09. The van der Waals surface area contributed by atoms with Crippen molar-refractivity contribution < 1.29 is 14.6 Å². The van der Waals surface area contributed by atoms with Crippen molar-refractivity contribution in [2.75, 3.05) is 6.61 Å².